The summed E-state index contributed by atoms with van der Waals surface area (Å²) < 4.78 is 31.0. The van der Waals surface area contributed by atoms with Gasteiger partial charge in [-0.25, -0.2) is 13.1 Å². The smallest absolute Gasteiger partial charge is 0.211 e. The number of nitrogens with one attached hydrogen (secondary N) is 3. The fraction of sp³-hybridized carbons (Fsp3) is 0.941. The van der Waals surface area contributed by atoms with Crippen LogP contribution in [0.5, 0.6) is 0 Å². The van der Waals surface area contributed by atoms with Gasteiger partial charge in [0.25, 0.3) is 0 Å². The van der Waals surface area contributed by atoms with Gasteiger partial charge in [-0.05, 0) is 45.4 Å². The lowest BCUT2D eigenvalue weighted by Gasteiger charge is -2.27. The van der Waals surface area contributed by atoms with Gasteiger partial charge in [-0.1, -0.05) is 12.8 Å². The number of ether oxygens (including phenoxy) is 1. The minimum absolute atomic E-state index is 0.101. The zero-order valence-corrected chi connectivity index (χ0v) is 16.9. The lowest BCUT2D eigenvalue weighted by molar-refractivity contribution is 0.107. The Morgan fingerprint density at radius 2 is 1.84 bits per heavy atom. The molecule has 0 radical (unpaired) electrons. The normalized spacial score (nSPS) is 17.6. The van der Waals surface area contributed by atoms with Gasteiger partial charge >= 0.3 is 0 Å². The standard InChI is InChI=1S/C17H36N4O3S/c1-4-18-16(19-12-13-21-25(22,23)6-3)20-15-17(9-7-8-10-17)11-14-24-5-2/h21H,4-15H2,1-3H3,(H2,18,19,20). The van der Waals surface area contributed by atoms with Crippen LogP contribution in [-0.2, 0) is 14.8 Å². The summed E-state index contributed by atoms with van der Waals surface area (Å²) in [5.74, 6) is 0.852. The van der Waals surface area contributed by atoms with Crippen molar-refractivity contribution in [2.75, 3.05) is 45.1 Å². The van der Waals surface area contributed by atoms with Crippen LogP contribution in [0.25, 0.3) is 0 Å². The van der Waals surface area contributed by atoms with Gasteiger partial charge in [0.2, 0.25) is 10.0 Å². The van der Waals surface area contributed by atoms with E-state index < -0.39 is 10.0 Å². The lowest BCUT2D eigenvalue weighted by Crippen LogP contribution is -2.42. The van der Waals surface area contributed by atoms with Crippen molar-refractivity contribution in [3.8, 4) is 0 Å². The molecule has 1 rings (SSSR count). The molecule has 0 spiro atoms. The number of nitrogens with zero attached hydrogens (tertiary/aromatic N) is 1. The molecule has 0 atom stereocenters. The number of aliphatic imine (C=N–C) groups is 1. The number of hydrogen-bond donors (Lipinski definition) is 3. The molecule has 0 aromatic heterocycles. The second-order valence-corrected chi connectivity index (χ2v) is 8.67. The van der Waals surface area contributed by atoms with E-state index in [0.29, 0.717) is 13.1 Å². The summed E-state index contributed by atoms with van der Waals surface area (Å²) in [6.45, 7) is 9.68. The highest BCUT2D eigenvalue weighted by molar-refractivity contribution is 7.89. The minimum atomic E-state index is -3.14. The van der Waals surface area contributed by atoms with Gasteiger partial charge in [0.15, 0.2) is 5.96 Å². The molecule has 0 saturated heterocycles. The van der Waals surface area contributed by atoms with E-state index in [1.165, 1.54) is 25.7 Å². The molecule has 0 unspecified atom stereocenters. The molecule has 0 aromatic rings. The van der Waals surface area contributed by atoms with Crippen molar-refractivity contribution in [2.45, 2.75) is 52.9 Å². The predicted molar refractivity (Wildman–Crippen MR) is 103 cm³/mol. The molecule has 0 amide bonds. The molecular weight excluding hydrogens is 340 g/mol. The SMILES string of the molecule is CCNC(=NCC1(CCOCC)CCCC1)NCCNS(=O)(=O)CC. The molecule has 8 heteroatoms. The molecule has 0 aliphatic heterocycles. The molecule has 1 fully saturated rings. The number of rotatable bonds is 12. The van der Waals surface area contributed by atoms with Gasteiger partial charge in [0.1, 0.15) is 0 Å². The van der Waals surface area contributed by atoms with Crippen LogP contribution < -0.4 is 15.4 Å². The van der Waals surface area contributed by atoms with E-state index in [1.54, 1.807) is 6.92 Å². The van der Waals surface area contributed by atoms with Gasteiger partial charge in [-0.15, -0.1) is 0 Å². The van der Waals surface area contributed by atoms with Gasteiger partial charge in [0.05, 0.1) is 5.75 Å². The maximum absolute atomic E-state index is 11.4. The third-order valence-electron chi connectivity index (χ3n) is 4.68. The summed E-state index contributed by atoms with van der Waals surface area (Å²) in [6, 6.07) is 0. The van der Waals surface area contributed by atoms with Crippen LogP contribution in [0.15, 0.2) is 4.99 Å². The number of sulfonamides is 1. The van der Waals surface area contributed by atoms with Gasteiger partial charge < -0.3 is 15.4 Å². The topological polar surface area (TPSA) is 91.8 Å². The first kappa shape index (κ1) is 22.2. The largest absolute Gasteiger partial charge is 0.382 e. The molecule has 1 aliphatic carbocycles. The summed E-state index contributed by atoms with van der Waals surface area (Å²) in [5, 5.41) is 6.44. The van der Waals surface area contributed by atoms with Crippen molar-refractivity contribution >= 4 is 16.0 Å². The highest BCUT2D eigenvalue weighted by Gasteiger charge is 2.33. The average molecular weight is 377 g/mol. The van der Waals surface area contributed by atoms with Gasteiger partial charge in [0, 0.05) is 39.4 Å². The van der Waals surface area contributed by atoms with E-state index in [9.17, 15) is 8.42 Å². The molecule has 1 aliphatic rings. The van der Waals surface area contributed by atoms with Gasteiger partial charge in [-0.2, -0.15) is 0 Å². The Bertz CT molecular complexity index is 488. The van der Waals surface area contributed by atoms with E-state index in [4.69, 9.17) is 9.73 Å². The number of guanidine groups is 1. The molecule has 3 N–H and O–H groups in total. The fourth-order valence-corrected chi connectivity index (χ4v) is 3.74. The van der Waals surface area contributed by atoms with Crippen molar-refractivity contribution in [3.05, 3.63) is 0 Å². The highest BCUT2D eigenvalue weighted by atomic mass is 32.2. The summed E-state index contributed by atoms with van der Waals surface area (Å²) in [5.41, 5.74) is 0.251. The monoisotopic (exact) mass is 376 g/mol. The van der Waals surface area contributed by atoms with Crippen molar-refractivity contribution in [3.63, 3.8) is 0 Å². The maximum atomic E-state index is 11.4. The summed E-state index contributed by atoms with van der Waals surface area (Å²) in [4.78, 5) is 4.76. The quantitative estimate of drug-likeness (QED) is 0.272. The first-order valence-electron chi connectivity index (χ1n) is 9.54. The second-order valence-electron chi connectivity index (χ2n) is 6.57. The lowest BCUT2D eigenvalue weighted by atomic mass is 9.83. The highest BCUT2D eigenvalue weighted by Crippen LogP contribution is 2.41. The number of hydrogen-bond acceptors (Lipinski definition) is 4. The van der Waals surface area contributed by atoms with Crippen molar-refractivity contribution in [1.82, 2.24) is 15.4 Å². The third-order valence-corrected chi connectivity index (χ3v) is 6.09. The summed E-state index contributed by atoms with van der Waals surface area (Å²) in [7, 11) is -3.14. The molecule has 148 valence electrons. The molecule has 0 bridgehead atoms. The Hall–Kier alpha value is -0.860. The molecule has 25 heavy (non-hydrogen) atoms. The first-order valence-corrected chi connectivity index (χ1v) is 11.2. The van der Waals surface area contributed by atoms with Gasteiger partial charge in [-0.3, -0.25) is 4.99 Å². The molecule has 0 aromatic carbocycles. The van der Waals surface area contributed by atoms with Crippen molar-refractivity contribution in [2.24, 2.45) is 10.4 Å². The molecule has 7 nitrogen and oxygen atoms in total. The van der Waals surface area contributed by atoms with Crippen molar-refractivity contribution < 1.29 is 13.2 Å². The predicted octanol–water partition coefficient (Wildman–Crippen LogP) is 1.47. The van der Waals surface area contributed by atoms with Crippen molar-refractivity contribution in [1.29, 1.82) is 0 Å². The Morgan fingerprint density at radius 3 is 2.44 bits per heavy atom. The third kappa shape index (κ3) is 8.87. The van der Waals surface area contributed by atoms with Crippen LogP contribution in [0.4, 0.5) is 0 Å². The summed E-state index contributed by atoms with van der Waals surface area (Å²) in [6.07, 6.45) is 6.01. The van der Waals surface area contributed by atoms with E-state index in [1.807, 2.05) is 13.8 Å². The van der Waals surface area contributed by atoms with E-state index in [2.05, 4.69) is 15.4 Å². The zero-order chi connectivity index (χ0) is 18.6. The zero-order valence-electron chi connectivity index (χ0n) is 16.1. The molecular formula is C17H36N4O3S. The maximum Gasteiger partial charge on any atom is 0.211 e. The van der Waals surface area contributed by atoms with Crippen LogP contribution in [0, 0.1) is 5.41 Å². The Kier molecular flexibility index (Phi) is 10.4. The fourth-order valence-electron chi connectivity index (χ4n) is 3.12. The minimum Gasteiger partial charge on any atom is -0.382 e. The van der Waals surface area contributed by atoms with E-state index >= 15 is 0 Å². The molecule has 1 saturated carbocycles. The van der Waals surface area contributed by atoms with Crippen LogP contribution in [0.1, 0.15) is 52.9 Å². The van der Waals surface area contributed by atoms with Crippen LogP contribution in [-0.4, -0.2) is 59.5 Å². The average Bonchev–Trinajstić information content (AvgIpc) is 3.06. The Labute approximate surface area is 153 Å². The Balaban J connectivity index is 2.51. The van der Waals surface area contributed by atoms with Crippen LogP contribution in [0.2, 0.25) is 0 Å². The summed E-state index contributed by atoms with van der Waals surface area (Å²) >= 11 is 0. The molecule has 0 heterocycles. The second kappa shape index (κ2) is 11.7. The Morgan fingerprint density at radius 1 is 1.12 bits per heavy atom. The first-order chi connectivity index (χ1) is 12.0. The van der Waals surface area contributed by atoms with E-state index in [0.717, 1.165) is 38.7 Å². The van der Waals surface area contributed by atoms with E-state index in [-0.39, 0.29) is 11.2 Å². The van der Waals surface area contributed by atoms with Crippen LogP contribution in [0.3, 0.4) is 0 Å². The van der Waals surface area contributed by atoms with Crippen LogP contribution >= 0.6 is 0 Å².